The van der Waals surface area contributed by atoms with Crippen LogP contribution in [-0.2, 0) is 0 Å². The highest BCUT2D eigenvalue weighted by Crippen LogP contribution is 2.48. The van der Waals surface area contributed by atoms with Crippen molar-refractivity contribution in [1.29, 1.82) is 0 Å². The first-order valence-corrected chi connectivity index (χ1v) is 9.29. The van der Waals surface area contributed by atoms with Gasteiger partial charge in [-0.05, 0) is 36.2 Å². The molecule has 3 nitrogen and oxygen atoms in total. The molecule has 2 aromatic rings. The summed E-state index contributed by atoms with van der Waals surface area (Å²) < 4.78 is 0. The molecule has 0 aliphatic carbocycles. The van der Waals surface area contributed by atoms with E-state index >= 15 is 0 Å². The molecule has 0 amide bonds. The first-order chi connectivity index (χ1) is 11.3. The molecule has 0 spiro atoms. The third-order valence-corrected chi connectivity index (χ3v) is 5.88. The van der Waals surface area contributed by atoms with Crippen LogP contribution >= 0.6 is 23.4 Å². The van der Waals surface area contributed by atoms with Gasteiger partial charge in [-0.3, -0.25) is 9.98 Å². The average Bonchev–Trinajstić information content (AvgIpc) is 3.14. The fourth-order valence-electron chi connectivity index (χ4n) is 3.40. The Labute approximate surface area is 145 Å². The molecule has 0 radical (unpaired) electrons. The molecule has 3 heterocycles. The van der Waals surface area contributed by atoms with Crippen LogP contribution in [0.1, 0.15) is 36.7 Å². The van der Waals surface area contributed by atoms with Crippen molar-refractivity contribution in [3.05, 3.63) is 64.9 Å². The number of fused-ring (bicyclic) bond motifs is 1. The van der Waals surface area contributed by atoms with Gasteiger partial charge in [-0.25, -0.2) is 0 Å². The lowest BCUT2D eigenvalue weighted by molar-refractivity contribution is 0.255. The van der Waals surface area contributed by atoms with Crippen LogP contribution in [-0.4, -0.2) is 26.8 Å². The molecule has 1 saturated heterocycles. The molecule has 1 fully saturated rings. The topological polar surface area (TPSA) is 28.5 Å². The van der Waals surface area contributed by atoms with Crippen LogP contribution in [0.2, 0.25) is 5.02 Å². The molecule has 4 rings (SSSR count). The Bertz CT molecular complexity index is 734. The highest BCUT2D eigenvalue weighted by atomic mass is 35.5. The summed E-state index contributed by atoms with van der Waals surface area (Å²) in [5.41, 5.74) is 2.24. The molecule has 0 N–H and O–H groups in total. The SMILES string of the molecule is CCC1CSC2=NC(c3ccccn3)C(c3cccc(Cl)c3)N21. The van der Waals surface area contributed by atoms with Crippen molar-refractivity contribution in [3.8, 4) is 0 Å². The second-order valence-corrected chi connectivity index (χ2v) is 7.31. The van der Waals surface area contributed by atoms with Gasteiger partial charge in [0.2, 0.25) is 0 Å². The number of pyridine rings is 1. The standard InChI is InChI=1S/C18H18ClN3S/c1-2-14-11-23-18-21-16(15-8-3-4-9-20-15)17(22(14)18)12-6-5-7-13(19)10-12/h3-10,14,16-17H,2,11H2,1H3. The lowest BCUT2D eigenvalue weighted by Crippen LogP contribution is -2.35. The minimum atomic E-state index is 0.0338. The second kappa shape index (κ2) is 6.17. The zero-order valence-corrected chi connectivity index (χ0v) is 14.5. The smallest absolute Gasteiger partial charge is 0.160 e. The number of hydrogen-bond donors (Lipinski definition) is 0. The van der Waals surface area contributed by atoms with E-state index in [9.17, 15) is 0 Å². The zero-order chi connectivity index (χ0) is 15.8. The predicted octanol–water partition coefficient (Wildman–Crippen LogP) is 4.71. The van der Waals surface area contributed by atoms with Gasteiger partial charge in [0.1, 0.15) is 6.04 Å². The third-order valence-electron chi connectivity index (χ3n) is 4.52. The van der Waals surface area contributed by atoms with Crippen LogP contribution in [0.5, 0.6) is 0 Å². The van der Waals surface area contributed by atoms with Crippen molar-refractivity contribution in [2.45, 2.75) is 31.5 Å². The fraction of sp³-hybridized carbons (Fsp3) is 0.333. The number of thioether (sulfide) groups is 1. The highest BCUT2D eigenvalue weighted by Gasteiger charge is 2.45. The van der Waals surface area contributed by atoms with E-state index in [-0.39, 0.29) is 12.1 Å². The molecule has 0 saturated carbocycles. The lowest BCUT2D eigenvalue weighted by Gasteiger charge is -2.32. The van der Waals surface area contributed by atoms with Gasteiger partial charge in [0, 0.05) is 23.0 Å². The Morgan fingerprint density at radius 2 is 2.17 bits per heavy atom. The van der Waals surface area contributed by atoms with Crippen molar-refractivity contribution in [2.75, 3.05) is 5.75 Å². The first kappa shape index (κ1) is 15.0. The van der Waals surface area contributed by atoms with E-state index < -0.39 is 0 Å². The molecule has 3 unspecified atom stereocenters. The maximum Gasteiger partial charge on any atom is 0.160 e. The van der Waals surface area contributed by atoms with Crippen molar-refractivity contribution in [2.24, 2.45) is 4.99 Å². The summed E-state index contributed by atoms with van der Waals surface area (Å²) in [5.74, 6) is 1.11. The summed E-state index contributed by atoms with van der Waals surface area (Å²) in [6, 6.07) is 15.0. The lowest BCUT2D eigenvalue weighted by atomic mass is 9.95. The fourth-order valence-corrected chi connectivity index (χ4v) is 4.94. The van der Waals surface area contributed by atoms with E-state index in [1.807, 2.05) is 42.2 Å². The number of rotatable bonds is 3. The monoisotopic (exact) mass is 343 g/mol. The number of benzene rings is 1. The second-order valence-electron chi connectivity index (χ2n) is 5.89. The van der Waals surface area contributed by atoms with Gasteiger partial charge in [0.15, 0.2) is 5.17 Å². The van der Waals surface area contributed by atoms with E-state index in [0.29, 0.717) is 6.04 Å². The molecule has 2 aliphatic heterocycles. The van der Waals surface area contributed by atoms with Gasteiger partial charge in [0.25, 0.3) is 0 Å². The van der Waals surface area contributed by atoms with Crippen LogP contribution in [0.25, 0.3) is 0 Å². The van der Waals surface area contributed by atoms with E-state index in [4.69, 9.17) is 16.6 Å². The summed E-state index contributed by atoms with van der Waals surface area (Å²) in [6.45, 7) is 2.25. The third kappa shape index (κ3) is 2.64. The zero-order valence-electron chi connectivity index (χ0n) is 12.9. The Hall–Kier alpha value is -1.52. The Morgan fingerprint density at radius 3 is 2.91 bits per heavy atom. The van der Waals surface area contributed by atoms with Crippen molar-refractivity contribution < 1.29 is 0 Å². The van der Waals surface area contributed by atoms with Gasteiger partial charge in [-0.1, -0.05) is 48.5 Å². The first-order valence-electron chi connectivity index (χ1n) is 7.93. The number of aromatic nitrogens is 1. The molecule has 5 heteroatoms. The largest absolute Gasteiger partial charge is 0.338 e. The molecule has 23 heavy (non-hydrogen) atoms. The maximum absolute atomic E-state index is 6.25. The van der Waals surface area contributed by atoms with Crippen LogP contribution in [0.15, 0.2) is 53.7 Å². The number of halogens is 1. The van der Waals surface area contributed by atoms with E-state index in [1.54, 1.807) is 0 Å². The summed E-state index contributed by atoms with van der Waals surface area (Å²) in [6.07, 6.45) is 2.97. The van der Waals surface area contributed by atoms with Crippen molar-refractivity contribution in [1.82, 2.24) is 9.88 Å². The van der Waals surface area contributed by atoms with Crippen molar-refractivity contribution in [3.63, 3.8) is 0 Å². The minimum Gasteiger partial charge on any atom is -0.338 e. The minimum absolute atomic E-state index is 0.0338. The molecule has 2 aliphatic rings. The van der Waals surface area contributed by atoms with Gasteiger partial charge >= 0.3 is 0 Å². The van der Waals surface area contributed by atoms with Crippen LogP contribution in [0.4, 0.5) is 0 Å². The van der Waals surface area contributed by atoms with E-state index in [1.165, 1.54) is 5.56 Å². The van der Waals surface area contributed by atoms with Crippen molar-refractivity contribution >= 4 is 28.5 Å². The summed E-state index contributed by atoms with van der Waals surface area (Å²) in [4.78, 5) is 12.0. The van der Waals surface area contributed by atoms with Crippen LogP contribution in [0, 0.1) is 0 Å². The molecule has 0 bridgehead atoms. The normalized spacial score (nSPS) is 26.3. The number of hydrogen-bond acceptors (Lipinski definition) is 4. The van der Waals surface area contributed by atoms with Gasteiger partial charge in [-0.15, -0.1) is 0 Å². The predicted molar refractivity (Wildman–Crippen MR) is 97.0 cm³/mol. The van der Waals surface area contributed by atoms with E-state index in [0.717, 1.165) is 28.1 Å². The maximum atomic E-state index is 6.25. The van der Waals surface area contributed by atoms with Crippen LogP contribution < -0.4 is 0 Å². The summed E-state index contributed by atoms with van der Waals surface area (Å²) in [5, 5.41) is 1.92. The molecular formula is C18H18ClN3S. The summed E-state index contributed by atoms with van der Waals surface area (Å²) in [7, 11) is 0. The molecule has 1 aromatic heterocycles. The molecular weight excluding hydrogens is 326 g/mol. The van der Waals surface area contributed by atoms with Gasteiger partial charge < -0.3 is 4.90 Å². The molecule has 118 valence electrons. The number of nitrogens with zero attached hydrogens (tertiary/aromatic N) is 3. The van der Waals surface area contributed by atoms with Gasteiger partial charge in [-0.2, -0.15) is 0 Å². The Kier molecular flexibility index (Phi) is 4.04. The number of aliphatic imine (C=N–C) groups is 1. The quantitative estimate of drug-likeness (QED) is 0.807. The van der Waals surface area contributed by atoms with Crippen LogP contribution in [0.3, 0.4) is 0 Å². The molecule has 3 atom stereocenters. The highest BCUT2D eigenvalue weighted by molar-refractivity contribution is 8.14. The average molecular weight is 344 g/mol. The summed E-state index contributed by atoms with van der Waals surface area (Å²) >= 11 is 8.12. The number of amidine groups is 1. The Balaban J connectivity index is 1.80. The molecule has 1 aromatic carbocycles. The van der Waals surface area contributed by atoms with Gasteiger partial charge in [0.05, 0.1) is 11.7 Å². The Morgan fingerprint density at radius 1 is 1.26 bits per heavy atom. The van der Waals surface area contributed by atoms with E-state index in [2.05, 4.69) is 35.0 Å².